The van der Waals surface area contributed by atoms with Gasteiger partial charge >= 0.3 is 5.97 Å². The van der Waals surface area contributed by atoms with Gasteiger partial charge in [-0.1, -0.05) is 39.3 Å². The maximum Gasteiger partial charge on any atom is 0.339 e. The van der Waals surface area contributed by atoms with Gasteiger partial charge in [0.05, 0.1) is 29.6 Å². The zero-order valence-electron chi connectivity index (χ0n) is 27.1. The van der Waals surface area contributed by atoms with Gasteiger partial charge in [0, 0.05) is 22.8 Å². The van der Waals surface area contributed by atoms with Crippen LogP contribution in [0.1, 0.15) is 88.9 Å². The second kappa shape index (κ2) is 9.96. The number of nitro groups is 1. The molecule has 0 unspecified atom stereocenters. The second-order valence-electron chi connectivity index (χ2n) is 15.7. The number of rotatable bonds is 5. The van der Waals surface area contributed by atoms with Crippen LogP contribution in [0, 0.1) is 44.1 Å². The molecule has 5 aliphatic rings. The second-order valence-corrected chi connectivity index (χ2v) is 15.7. The van der Waals surface area contributed by atoms with Crippen LogP contribution in [0.4, 0.5) is 5.69 Å². The minimum Gasteiger partial charge on any atom is -0.496 e. The summed E-state index contributed by atoms with van der Waals surface area (Å²) in [5, 5.41) is 25.4. The number of ether oxygens (including phenoxy) is 4. The predicted octanol–water partition coefficient (Wildman–Crippen LogP) is 7.96. The molecule has 46 heavy (non-hydrogen) atoms. The first-order valence-electron chi connectivity index (χ1n) is 16.8. The van der Waals surface area contributed by atoms with Crippen LogP contribution in [0.2, 0.25) is 0 Å². The number of carbonyl (C=O) groups excluding carboxylic acids is 1. The number of aliphatic hydroxyl groups is 1. The number of nitro benzene ring substituents is 1. The van der Waals surface area contributed by atoms with Gasteiger partial charge in [-0.2, -0.15) is 0 Å². The van der Waals surface area contributed by atoms with Crippen LogP contribution in [0.15, 0.2) is 30.3 Å². The number of fused-ring (bicyclic) bond motifs is 8. The van der Waals surface area contributed by atoms with E-state index in [1.165, 1.54) is 38.5 Å². The van der Waals surface area contributed by atoms with E-state index < -0.39 is 16.5 Å². The lowest BCUT2D eigenvalue weighted by Gasteiger charge is -2.63. The predicted molar refractivity (Wildman–Crippen MR) is 172 cm³/mol. The van der Waals surface area contributed by atoms with Crippen LogP contribution in [-0.2, 0) is 4.74 Å². The molecule has 2 bridgehead atoms. The summed E-state index contributed by atoms with van der Waals surface area (Å²) in [7, 11) is 1.51. The average Bonchev–Trinajstić information content (AvgIpc) is 3.59. The zero-order valence-corrected chi connectivity index (χ0v) is 27.1. The number of nitrogens with zero attached hydrogens (tertiary/aromatic N) is 1. The molecule has 1 N–H and O–H groups in total. The van der Waals surface area contributed by atoms with Crippen molar-refractivity contribution in [2.45, 2.75) is 84.2 Å². The number of methoxy groups -OCH3 is 1. The van der Waals surface area contributed by atoms with Crippen LogP contribution in [0.3, 0.4) is 0 Å². The van der Waals surface area contributed by atoms with Crippen molar-refractivity contribution in [1.29, 1.82) is 0 Å². The van der Waals surface area contributed by atoms with E-state index in [9.17, 15) is 20.0 Å². The Kier molecular flexibility index (Phi) is 6.45. The molecule has 1 aliphatic heterocycles. The molecule has 3 aromatic carbocycles. The van der Waals surface area contributed by atoms with Gasteiger partial charge in [0.2, 0.25) is 6.79 Å². The summed E-state index contributed by atoms with van der Waals surface area (Å²) in [5.74, 6) is 1.70. The summed E-state index contributed by atoms with van der Waals surface area (Å²) >= 11 is 0. The normalized spacial score (nSPS) is 33.8. The van der Waals surface area contributed by atoms with Gasteiger partial charge in [0.1, 0.15) is 11.4 Å². The third kappa shape index (κ3) is 3.93. The van der Waals surface area contributed by atoms with Crippen molar-refractivity contribution in [2.24, 2.45) is 34.0 Å². The summed E-state index contributed by atoms with van der Waals surface area (Å²) in [6, 6.07) is 8.34. The fourth-order valence-electron chi connectivity index (χ4n) is 11.7. The minimum absolute atomic E-state index is 0.0142. The molecule has 1 spiro atoms. The molecule has 0 aromatic heterocycles. The number of carbonyl (C=O) groups is 1. The highest BCUT2D eigenvalue weighted by molar-refractivity contribution is 6.22. The van der Waals surface area contributed by atoms with Crippen molar-refractivity contribution >= 4 is 33.2 Å². The van der Waals surface area contributed by atoms with Gasteiger partial charge in [0.25, 0.3) is 5.69 Å². The molecular formula is C37H43NO8. The van der Waals surface area contributed by atoms with Crippen LogP contribution in [0.25, 0.3) is 21.5 Å². The highest BCUT2D eigenvalue weighted by atomic mass is 16.7. The largest absolute Gasteiger partial charge is 0.496 e. The van der Waals surface area contributed by atoms with Gasteiger partial charge in [0.15, 0.2) is 11.5 Å². The topological polar surface area (TPSA) is 117 Å². The van der Waals surface area contributed by atoms with Crippen LogP contribution in [0.5, 0.6) is 17.2 Å². The first kappa shape index (κ1) is 29.8. The number of esters is 1. The van der Waals surface area contributed by atoms with E-state index in [-0.39, 0.29) is 46.8 Å². The van der Waals surface area contributed by atoms with Crippen molar-refractivity contribution in [2.75, 3.05) is 20.5 Å². The molecule has 0 saturated heterocycles. The highest BCUT2D eigenvalue weighted by Gasteiger charge is 2.68. The number of non-ortho nitro benzene ring substituents is 1. The Morgan fingerprint density at radius 1 is 1.04 bits per heavy atom. The van der Waals surface area contributed by atoms with Gasteiger partial charge in [-0.25, -0.2) is 4.79 Å². The number of hydrogen-bond donors (Lipinski definition) is 1. The molecular weight excluding hydrogens is 586 g/mol. The maximum atomic E-state index is 14.5. The summed E-state index contributed by atoms with van der Waals surface area (Å²) in [5.41, 5.74) is -0.684. The van der Waals surface area contributed by atoms with E-state index in [4.69, 9.17) is 18.9 Å². The molecule has 4 aliphatic carbocycles. The fourth-order valence-corrected chi connectivity index (χ4v) is 11.7. The number of hydrogen-bond acceptors (Lipinski definition) is 8. The monoisotopic (exact) mass is 629 g/mol. The van der Waals surface area contributed by atoms with E-state index in [1.54, 1.807) is 12.1 Å². The molecule has 3 aromatic rings. The SMILES string of the molecule is COc1cccc2c1cc([N+](=O)[O-])c1c(C(=O)O[C@]3(CO)C[C@@]45CC[C@@H]6C(C)(C)CCC[C@@]6(C)[C@@H]4CC[C@H]3C5)cc3c(c12)OCO3. The lowest BCUT2D eigenvalue weighted by Crippen LogP contribution is -2.55. The third-order valence-electron chi connectivity index (χ3n) is 13.3. The summed E-state index contributed by atoms with van der Waals surface area (Å²) in [6.07, 6.45) is 9.55. The van der Waals surface area contributed by atoms with Crippen LogP contribution >= 0.6 is 0 Å². The molecule has 0 radical (unpaired) electrons. The molecule has 244 valence electrons. The van der Waals surface area contributed by atoms with Crippen molar-refractivity contribution in [1.82, 2.24) is 0 Å². The van der Waals surface area contributed by atoms with Crippen molar-refractivity contribution in [3.05, 3.63) is 46.0 Å². The zero-order chi connectivity index (χ0) is 32.2. The van der Waals surface area contributed by atoms with E-state index >= 15 is 0 Å². The molecule has 6 atom stereocenters. The number of benzene rings is 3. The van der Waals surface area contributed by atoms with E-state index in [0.29, 0.717) is 57.1 Å². The van der Waals surface area contributed by atoms with Crippen molar-refractivity contribution in [3.63, 3.8) is 0 Å². The summed E-state index contributed by atoms with van der Waals surface area (Å²) < 4.78 is 23.7. The smallest absolute Gasteiger partial charge is 0.339 e. The van der Waals surface area contributed by atoms with Crippen LogP contribution < -0.4 is 14.2 Å². The van der Waals surface area contributed by atoms with Gasteiger partial charge in [-0.15, -0.1) is 0 Å². The minimum atomic E-state index is -1.04. The molecule has 9 heteroatoms. The molecule has 0 amide bonds. The number of aliphatic hydroxyl groups excluding tert-OH is 1. The Morgan fingerprint density at radius 3 is 2.63 bits per heavy atom. The standard InChI is InChI=1S/C37H43NO8/c1-34(2)12-6-13-35(3)28(34)11-14-36-17-21(9-10-29(35)36)37(18-36,19-39)46-33(40)24-16-27-32(45-20-44-27)31-22-7-5-8-26(43-4)23(22)15-25(30(24)31)38(41)42/h5,7-8,15-16,21,28-29,39H,6,9-14,17-20H2,1-4H3/t21-,28+,29-,35+,36-,37-/m0/s1. The lowest BCUT2D eigenvalue weighted by atomic mass is 9.41. The Hall–Kier alpha value is -3.59. The summed E-state index contributed by atoms with van der Waals surface area (Å²) in [4.78, 5) is 26.6. The first-order valence-corrected chi connectivity index (χ1v) is 16.8. The molecule has 4 fully saturated rings. The molecule has 8 rings (SSSR count). The Bertz CT molecular complexity index is 1800. The Balaban J connectivity index is 1.23. The van der Waals surface area contributed by atoms with Gasteiger partial charge in [-0.05, 0) is 97.0 Å². The average molecular weight is 630 g/mol. The lowest BCUT2D eigenvalue weighted by molar-refractivity contribution is -0.383. The quantitative estimate of drug-likeness (QED) is 0.131. The Morgan fingerprint density at radius 2 is 1.87 bits per heavy atom. The molecule has 4 saturated carbocycles. The van der Waals surface area contributed by atoms with Gasteiger partial charge in [-0.3, -0.25) is 10.1 Å². The van der Waals surface area contributed by atoms with Crippen LogP contribution in [-0.4, -0.2) is 42.1 Å². The molecule has 1 heterocycles. The van der Waals surface area contributed by atoms with Crippen molar-refractivity contribution < 1.29 is 33.8 Å². The van der Waals surface area contributed by atoms with Gasteiger partial charge < -0.3 is 24.1 Å². The highest BCUT2D eigenvalue weighted by Crippen LogP contribution is 2.73. The van der Waals surface area contributed by atoms with E-state index in [2.05, 4.69) is 20.8 Å². The molecule has 9 nitrogen and oxygen atoms in total. The Labute approximate surface area is 268 Å². The fraction of sp³-hybridized carbons (Fsp3) is 0.595. The summed E-state index contributed by atoms with van der Waals surface area (Å²) in [6.45, 7) is 7.07. The third-order valence-corrected chi connectivity index (χ3v) is 13.3. The first-order chi connectivity index (χ1) is 22.0. The van der Waals surface area contributed by atoms with Crippen molar-refractivity contribution in [3.8, 4) is 17.2 Å². The van der Waals surface area contributed by atoms with E-state index in [0.717, 1.165) is 32.1 Å². The van der Waals surface area contributed by atoms with E-state index in [1.807, 2.05) is 6.07 Å². The maximum absolute atomic E-state index is 14.5.